The molecule has 0 atom stereocenters. The Morgan fingerprint density at radius 1 is 0.933 bits per heavy atom. The zero-order valence-electron chi connectivity index (χ0n) is 26.8. The van der Waals surface area contributed by atoms with Crippen LogP contribution in [0.3, 0.4) is 0 Å². The number of ether oxygens (including phenoxy) is 3. The Bertz CT molecular complexity index is 1540. The number of nitrogens with zero attached hydrogens (tertiary/aromatic N) is 2. The van der Waals surface area contributed by atoms with Crippen LogP contribution in [-0.4, -0.2) is 48.3 Å². The third-order valence-electron chi connectivity index (χ3n) is 8.74. The lowest BCUT2D eigenvalue weighted by atomic mass is 9.63. The van der Waals surface area contributed by atoms with E-state index in [1.807, 2.05) is 19.1 Å². The lowest BCUT2D eigenvalue weighted by Gasteiger charge is -2.49. The van der Waals surface area contributed by atoms with Crippen LogP contribution in [0.4, 0.5) is 5.69 Å². The Morgan fingerprint density at radius 2 is 1.51 bits per heavy atom. The van der Waals surface area contributed by atoms with Crippen molar-refractivity contribution in [2.24, 2.45) is 10.8 Å². The molecule has 10 heteroatoms. The maximum atomic E-state index is 14.1. The zero-order valence-corrected chi connectivity index (χ0v) is 29.0. The summed E-state index contributed by atoms with van der Waals surface area (Å²) in [4.78, 5) is 41.0. The molecule has 0 fully saturated rings. The third-order valence-corrected chi connectivity index (χ3v) is 9.54. The van der Waals surface area contributed by atoms with E-state index in [9.17, 15) is 19.7 Å². The van der Waals surface area contributed by atoms with Crippen molar-refractivity contribution in [2.75, 3.05) is 26.9 Å². The normalized spacial score (nSPS) is 19.4. The molecule has 0 amide bonds. The molecule has 2 aromatic rings. The molecule has 0 saturated heterocycles. The van der Waals surface area contributed by atoms with E-state index in [1.54, 1.807) is 19.2 Å². The Kier molecular flexibility index (Phi) is 9.47. The van der Waals surface area contributed by atoms with Gasteiger partial charge in [-0.3, -0.25) is 19.7 Å². The van der Waals surface area contributed by atoms with Crippen molar-refractivity contribution >= 4 is 39.8 Å². The summed E-state index contributed by atoms with van der Waals surface area (Å²) in [5.74, 6) is 0.721. The van der Waals surface area contributed by atoms with Crippen LogP contribution in [-0.2, 0) is 20.9 Å². The van der Waals surface area contributed by atoms with E-state index in [2.05, 4.69) is 55.2 Å². The predicted octanol–water partition coefficient (Wildman–Crippen LogP) is 7.51. The summed E-state index contributed by atoms with van der Waals surface area (Å²) in [5.41, 5.74) is 4.61. The van der Waals surface area contributed by atoms with Gasteiger partial charge in [0.1, 0.15) is 6.61 Å². The summed E-state index contributed by atoms with van der Waals surface area (Å²) in [6.45, 7) is 12.1. The minimum atomic E-state index is -0.502. The number of benzene rings is 2. The Hall–Kier alpha value is -3.25. The molecule has 0 unspecified atom stereocenters. The van der Waals surface area contributed by atoms with Crippen molar-refractivity contribution in [3.05, 3.63) is 83.7 Å². The van der Waals surface area contributed by atoms with Crippen LogP contribution in [0.2, 0.25) is 0 Å². The monoisotopic (exact) mass is 728 g/mol. The lowest BCUT2D eigenvalue weighted by molar-refractivity contribution is -0.384. The second-order valence-electron chi connectivity index (χ2n) is 13.7. The molecule has 45 heavy (non-hydrogen) atoms. The van der Waals surface area contributed by atoms with Gasteiger partial charge >= 0.3 is 0 Å². The van der Waals surface area contributed by atoms with Gasteiger partial charge in [-0.05, 0) is 88.6 Å². The molecule has 0 N–H and O–H groups in total. The van der Waals surface area contributed by atoms with E-state index in [4.69, 9.17) is 14.2 Å². The number of nitro benzene ring substituents is 1. The van der Waals surface area contributed by atoms with Crippen LogP contribution in [0.15, 0.2) is 58.9 Å². The number of halogens is 1. The number of carbonyl (C=O) groups excluding carboxylic acids is 2. The minimum Gasteiger partial charge on any atom is -0.490 e. The number of carbonyl (C=O) groups is 2. The average Bonchev–Trinajstić information content (AvgIpc) is 2.94. The van der Waals surface area contributed by atoms with Crippen molar-refractivity contribution in [2.45, 2.75) is 72.8 Å². The molecular formula is C35H41IN2O7. The Morgan fingerprint density at radius 3 is 2.02 bits per heavy atom. The summed E-state index contributed by atoms with van der Waals surface area (Å²) >= 11 is 2.22. The first-order chi connectivity index (χ1) is 21.2. The van der Waals surface area contributed by atoms with E-state index >= 15 is 0 Å². The molecule has 1 aliphatic heterocycles. The highest BCUT2D eigenvalue weighted by Gasteiger charge is 2.49. The largest absolute Gasteiger partial charge is 0.490 e. The quantitative estimate of drug-likeness (QED) is 0.141. The highest BCUT2D eigenvalue weighted by molar-refractivity contribution is 14.1. The van der Waals surface area contributed by atoms with Crippen molar-refractivity contribution in [1.82, 2.24) is 4.90 Å². The zero-order chi connectivity index (χ0) is 32.7. The van der Waals surface area contributed by atoms with E-state index in [1.165, 1.54) is 12.1 Å². The van der Waals surface area contributed by atoms with E-state index in [-0.39, 0.29) is 34.7 Å². The molecular weight excluding hydrogens is 687 g/mol. The van der Waals surface area contributed by atoms with Gasteiger partial charge in [-0.2, -0.15) is 0 Å². The second-order valence-corrected chi connectivity index (χ2v) is 14.8. The number of non-ortho nitro benzene ring substituents is 1. The summed E-state index contributed by atoms with van der Waals surface area (Å²) < 4.78 is 18.6. The molecule has 240 valence electrons. The fourth-order valence-electron chi connectivity index (χ4n) is 6.86. The molecule has 5 rings (SSSR count). The third kappa shape index (κ3) is 6.82. The Labute approximate surface area is 278 Å². The second kappa shape index (κ2) is 12.9. The van der Waals surface area contributed by atoms with Gasteiger partial charge in [-0.1, -0.05) is 27.7 Å². The molecule has 0 bridgehead atoms. The van der Waals surface area contributed by atoms with Crippen molar-refractivity contribution in [1.29, 1.82) is 0 Å². The van der Waals surface area contributed by atoms with Crippen LogP contribution >= 0.6 is 22.6 Å². The number of methoxy groups -OCH3 is 1. The summed E-state index contributed by atoms with van der Waals surface area (Å²) in [7, 11) is 1.67. The predicted molar refractivity (Wildman–Crippen MR) is 179 cm³/mol. The molecule has 0 aromatic heterocycles. The van der Waals surface area contributed by atoms with Gasteiger partial charge in [-0.15, -0.1) is 0 Å². The van der Waals surface area contributed by atoms with Crippen molar-refractivity contribution in [3.8, 4) is 11.5 Å². The van der Waals surface area contributed by atoms with Gasteiger partial charge in [0.2, 0.25) is 0 Å². The van der Waals surface area contributed by atoms with Gasteiger partial charge in [-0.25, -0.2) is 0 Å². The van der Waals surface area contributed by atoms with Crippen LogP contribution in [0.5, 0.6) is 11.5 Å². The maximum absolute atomic E-state index is 14.1. The SMILES string of the molecule is CCOc1cc(C2C3=C(CC(C)(C)CC3=O)N(CCOC)C3=C2C(=O)CC(C)(C)C3)cc(I)c1OCc1ccc([N+](=O)[O-])cc1. The standard InChI is InChI=1S/C35H41IN2O7/c1-7-44-29-15-22(14-24(36)33(29)45-20-21-8-10-23(11-9-21)38(41)42)30-31-25(16-34(2,3)18-27(31)39)37(12-13-43-6)26-17-35(4,5)19-28(40)32(26)30/h8-11,14-15,30H,7,12-13,16-20H2,1-6H3. The molecule has 9 nitrogen and oxygen atoms in total. The first-order valence-electron chi connectivity index (χ1n) is 15.4. The molecule has 1 heterocycles. The fourth-order valence-corrected chi connectivity index (χ4v) is 7.64. The van der Waals surface area contributed by atoms with Crippen LogP contribution in [0.25, 0.3) is 0 Å². The lowest BCUT2D eigenvalue weighted by Crippen LogP contribution is -2.45. The molecule has 0 saturated carbocycles. The number of hydrogen-bond acceptors (Lipinski definition) is 8. The van der Waals surface area contributed by atoms with E-state index < -0.39 is 10.8 Å². The first kappa shape index (κ1) is 33.1. The molecule has 2 aliphatic carbocycles. The van der Waals surface area contributed by atoms with Crippen LogP contribution < -0.4 is 9.47 Å². The molecule has 2 aromatic carbocycles. The number of ketones is 2. The van der Waals surface area contributed by atoms with Gasteiger partial charge in [0.25, 0.3) is 5.69 Å². The minimum absolute atomic E-state index is 0.0181. The smallest absolute Gasteiger partial charge is 0.269 e. The topological polar surface area (TPSA) is 108 Å². The van der Waals surface area contributed by atoms with E-state index in [0.29, 0.717) is 55.2 Å². The molecule has 3 aliphatic rings. The van der Waals surface area contributed by atoms with Gasteiger partial charge < -0.3 is 19.1 Å². The number of nitro groups is 1. The molecule has 0 spiro atoms. The summed E-state index contributed by atoms with van der Waals surface area (Å²) in [6.07, 6.45) is 2.28. The maximum Gasteiger partial charge on any atom is 0.269 e. The molecule has 0 radical (unpaired) electrons. The van der Waals surface area contributed by atoms with Gasteiger partial charge in [0.05, 0.1) is 21.7 Å². The number of hydrogen-bond donors (Lipinski definition) is 0. The fraction of sp³-hybridized carbons (Fsp3) is 0.486. The summed E-state index contributed by atoms with van der Waals surface area (Å²) in [6, 6.07) is 10.2. The van der Waals surface area contributed by atoms with Crippen LogP contribution in [0.1, 0.15) is 77.3 Å². The number of rotatable bonds is 10. The number of Topliss-reactive ketones (excluding diaryl/α,β-unsaturated/α-hetero) is 2. The average molecular weight is 729 g/mol. The highest BCUT2D eigenvalue weighted by Crippen LogP contribution is 2.55. The highest BCUT2D eigenvalue weighted by atomic mass is 127. The summed E-state index contributed by atoms with van der Waals surface area (Å²) in [5, 5.41) is 11.1. The van der Waals surface area contributed by atoms with Gasteiger partial charge in [0.15, 0.2) is 23.1 Å². The Balaban J connectivity index is 1.63. The number of allylic oxidation sites excluding steroid dienone is 4. The van der Waals surface area contributed by atoms with Crippen molar-refractivity contribution < 1.29 is 28.7 Å². The van der Waals surface area contributed by atoms with Crippen molar-refractivity contribution in [3.63, 3.8) is 0 Å². The van der Waals surface area contributed by atoms with Crippen LogP contribution in [0, 0.1) is 24.5 Å². The van der Waals surface area contributed by atoms with Gasteiger partial charge in [0, 0.05) is 67.1 Å². The first-order valence-corrected chi connectivity index (χ1v) is 16.4. The van der Waals surface area contributed by atoms with E-state index in [0.717, 1.165) is 38.9 Å².